The van der Waals surface area contributed by atoms with Crippen LogP contribution in [0.4, 0.5) is 10.1 Å². The minimum Gasteiger partial charge on any atom is -0.454 e. The molecule has 0 spiro atoms. The van der Waals surface area contributed by atoms with Crippen molar-refractivity contribution in [3.63, 3.8) is 0 Å². The van der Waals surface area contributed by atoms with Gasteiger partial charge >= 0.3 is 0 Å². The van der Waals surface area contributed by atoms with Crippen LogP contribution in [-0.2, 0) is 0 Å². The van der Waals surface area contributed by atoms with E-state index >= 15 is 0 Å². The van der Waals surface area contributed by atoms with Gasteiger partial charge in [-0.2, -0.15) is 0 Å². The van der Waals surface area contributed by atoms with Gasteiger partial charge in [0.2, 0.25) is 12.7 Å². The predicted molar refractivity (Wildman–Crippen MR) is 99.9 cm³/mol. The molecule has 5 rings (SSSR count). The summed E-state index contributed by atoms with van der Waals surface area (Å²) in [5.74, 6) is 0.821. The van der Waals surface area contributed by atoms with Gasteiger partial charge in [-0.25, -0.2) is 9.37 Å². The standard InChI is InChI=1S/C21H13FN2O4/c22-14-3-1-2-13(8-14)21-24-16-10-15(5-7-17(16)28-21)23-20(25)12-4-6-18-19(9-12)27-11-26-18/h1-10H,11H2,(H,23,25). The maximum atomic E-state index is 13.4. The van der Waals surface area contributed by atoms with E-state index in [4.69, 9.17) is 13.9 Å². The van der Waals surface area contributed by atoms with Crippen molar-refractivity contribution >= 4 is 22.7 Å². The Balaban J connectivity index is 1.41. The van der Waals surface area contributed by atoms with Crippen LogP contribution >= 0.6 is 0 Å². The van der Waals surface area contributed by atoms with Gasteiger partial charge in [-0.1, -0.05) is 6.07 Å². The second-order valence-corrected chi connectivity index (χ2v) is 6.23. The third-order valence-electron chi connectivity index (χ3n) is 4.35. The Bertz CT molecular complexity index is 1220. The van der Waals surface area contributed by atoms with Gasteiger partial charge in [-0.15, -0.1) is 0 Å². The molecule has 0 radical (unpaired) electrons. The summed E-state index contributed by atoms with van der Waals surface area (Å²) < 4.78 is 29.7. The maximum Gasteiger partial charge on any atom is 0.255 e. The first-order valence-electron chi connectivity index (χ1n) is 8.53. The first-order valence-corrected chi connectivity index (χ1v) is 8.53. The highest BCUT2D eigenvalue weighted by molar-refractivity contribution is 6.05. The van der Waals surface area contributed by atoms with Crippen LogP contribution < -0.4 is 14.8 Å². The van der Waals surface area contributed by atoms with Crippen molar-refractivity contribution in [2.24, 2.45) is 0 Å². The number of benzene rings is 3. The van der Waals surface area contributed by atoms with Crippen LogP contribution in [0.25, 0.3) is 22.6 Å². The topological polar surface area (TPSA) is 73.6 Å². The highest BCUT2D eigenvalue weighted by Gasteiger charge is 2.17. The molecule has 0 aliphatic carbocycles. The second-order valence-electron chi connectivity index (χ2n) is 6.23. The molecule has 1 N–H and O–H groups in total. The average molecular weight is 376 g/mol. The van der Waals surface area contributed by atoms with Crippen LogP contribution in [0.2, 0.25) is 0 Å². The molecular formula is C21H13FN2O4. The zero-order valence-corrected chi connectivity index (χ0v) is 14.4. The van der Waals surface area contributed by atoms with Gasteiger partial charge in [-0.3, -0.25) is 4.79 Å². The molecule has 0 fully saturated rings. The van der Waals surface area contributed by atoms with E-state index in [0.29, 0.717) is 45.3 Å². The first kappa shape index (κ1) is 16.3. The van der Waals surface area contributed by atoms with Crippen molar-refractivity contribution in [1.29, 1.82) is 0 Å². The van der Waals surface area contributed by atoms with E-state index in [1.165, 1.54) is 12.1 Å². The summed E-state index contributed by atoms with van der Waals surface area (Å²) in [6, 6.07) is 16.1. The summed E-state index contributed by atoms with van der Waals surface area (Å²) in [4.78, 5) is 16.9. The number of amides is 1. The number of carbonyl (C=O) groups is 1. The average Bonchev–Trinajstić information content (AvgIpc) is 3.33. The fourth-order valence-corrected chi connectivity index (χ4v) is 2.99. The van der Waals surface area contributed by atoms with Crippen LogP contribution in [0.5, 0.6) is 11.5 Å². The quantitative estimate of drug-likeness (QED) is 0.565. The smallest absolute Gasteiger partial charge is 0.255 e. The van der Waals surface area contributed by atoms with E-state index in [1.54, 1.807) is 48.5 Å². The van der Waals surface area contributed by atoms with E-state index in [0.717, 1.165) is 0 Å². The van der Waals surface area contributed by atoms with Gasteiger partial charge in [-0.05, 0) is 54.6 Å². The fourth-order valence-electron chi connectivity index (χ4n) is 2.99. The van der Waals surface area contributed by atoms with E-state index in [1.807, 2.05) is 0 Å². The Hall–Kier alpha value is -3.87. The summed E-state index contributed by atoms with van der Waals surface area (Å²) in [7, 11) is 0. The lowest BCUT2D eigenvalue weighted by Crippen LogP contribution is -2.11. The SMILES string of the molecule is O=C(Nc1ccc2oc(-c3cccc(F)c3)nc2c1)c1ccc2c(c1)OCO2. The maximum absolute atomic E-state index is 13.4. The number of fused-ring (bicyclic) bond motifs is 2. The van der Waals surface area contributed by atoms with Crippen molar-refractivity contribution < 1.29 is 23.1 Å². The van der Waals surface area contributed by atoms with Crippen LogP contribution in [0.1, 0.15) is 10.4 Å². The fraction of sp³-hybridized carbons (Fsp3) is 0.0476. The van der Waals surface area contributed by atoms with Crippen molar-refractivity contribution in [2.75, 3.05) is 12.1 Å². The first-order chi connectivity index (χ1) is 13.7. The lowest BCUT2D eigenvalue weighted by Gasteiger charge is -2.05. The molecule has 1 aliphatic rings. The Morgan fingerprint density at radius 3 is 2.79 bits per heavy atom. The molecule has 0 saturated heterocycles. The Morgan fingerprint density at radius 2 is 1.89 bits per heavy atom. The monoisotopic (exact) mass is 376 g/mol. The molecule has 138 valence electrons. The van der Waals surface area contributed by atoms with Crippen molar-refractivity contribution in [3.05, 3.63) is 72.0 Å². The van der Waals surface area contributed by atoms with Crippen molar-refractivity contribution in [2.45, 2.75) is 0 Å². The van der Waals surface area contributed by atoms with Gasteiger partial charge in [0.05, 0.1) is 0 Å². The number of hydrogen-bond donors (Lipinski definition) is 1. The molecule has 7 heteroatoms. The highest BCUT2D eigenvalue weighted by Crippen LogP contribution is 2.33. The third-order valence-corrected chi connectivity index (χ3v) is 4.35. The normalized spacial score (nSPS) is 12.3. The molecule has 1 aromatic heterocycles. The molecule has 4 aromatic rings. The lowest BCUT2D eigenvalue weighted by molar-refractivity contribution is 0.102. The van der Waals surface area contributed by atoms with Gasteiger partial charge in [0, 0.05) is 16.8 Å². The molecule has 0 atom stereocenters. The minimum absolute atomic E-state index is 0.150. The Kier molecular flexibility index (Phi) is 3.72. The van der Waals surface area contributed by atoms with Crippen LogP contribution in [0.3, 0.4) is 0 Å². The number of aromatic nitrogens is 1. The molecule has 6 nitrogen and oxygen atoms in total. The number of nitrogens with zero attached hydrogens (tertiary/aromatic N) is 1. The molecule has 0 bridgehead atoms. The van der Waals surface area contributed by atoms with E-state index < -0.39 is 0 Å². The number of rotatable bonds is 3. The number of halogens is 1. The number of ether oxygens (including phenoxy) is 2. The summed E-state index contributed by atoms with van der Waals surface area (Å²) in [5, 5.41) is 2.82. The van der Waals surface area contributed by atoms with Crippen LogP contribution in [0, 0.1) is 5.82 Å². The molecular weight excluding hydrogens is 363 g/mol. The number of hydrogen-bond acceptors (Lipinski definition) is 5. The van der Waals surface area contributed by atoms with Crippen LogP contribution in [-0.4, -0.2) is 17.7 Å². The van der Waals surface area contributed by atoms with Crippen molar-refractivity contribution in [3.8, 4) is 23.0 Å². The summed E-state index contributed by atoms with van der Waals surface area (Å²) in [6.07, 6.45) is 0. The lowest BCUT2D eigenvalue weighted by atomic mass is 10.2. The highest BCUT2D eigenvalue weighted by atomic mass is 19.1. The van der Waals surface area contributed by atoms with Crippen LogP contribution in [0.15, 0.2) is 65.1 Å². The third kappa shape index (κ3) is 2.92. The van der Waals surface area contributed by atoms with E-state index in [2.05, 4.69) is 10.3 Å². The van der Waals surface area contributed by atoms with Gasteiger partial charge in [0.1, 0.15) is 11.3 Å². The zero-order valence-electron chi connectivity index (χ0n) is 14.4. The largest absolute Gasteiger partial charge is 0.454 e. The van der Waals surface area contributed by atoms with Gasteiger partial charge < -0.3 is 19.2 Å². The van der Waals surface area contributed by atoms with Gasteiger partial charge in [0.15, 0.2) is 17.1 Å². The molecule has 1 aliphatic heterocycles. The summed E-state index contributed by atoms with van der Waals surface area (Å²) >= 11 is 0. The number of nitrogens with one attached hydrogen (secondary N) is 1. The molecule has 28 heavy (non-hydrogen) atoms. The Morgan fingerprint density at radius 1 is 1.00 bits per heavy atom. The molecule has 3 aromatic carbocycles. The second kappa shape index (κ2) is 6.38. The van der Waals surface area contributed by atoms with Crippen molar-refractivity contribution in [1.82, 2.24) is 4.98 Å². The molecule has 0 saturated carbocycles. The van der Waals surface area contributed by atoms with E-state index in [-0.39, 0.29) is 18.5 Å². The van der Waals surface area contributed by atoms with Gasteiger partial charge in [0.25, 0.3) is 5.91 Å². The number of oxazole rings is 1. The number of anilines is 1. The summed E-state index contributed by atoms with van der Waals surface area (Å²) in [6.45, 7) is 0.150. The zero-order chi connectivity index (χ0) is 19.1. The molecule has 2 heterocycles. The minimum atomic E-state index is -0.364. The summed E-state index contributed by atoms with van der Waals surface area (Å²) in [5.41, 5.74) is 2.66. The molecule has 0 unspecified atom stereocenters. The predicted octanol–water partition coefficient (Wildman–Crippen LogP) is 4.61. The Labute approximate surface area is 158 Å². The number of carbonyl (C=O) groups excluding carboxylic acids is 1. The molecule has 1 amide bonds. The van der Waals surface area contributed by atoms with E-state index in [9.17, 15) is 9.18 Å².